The van der Waals surface area contributed by atoms with Gasteiger partial charge in [-0.25, -0.2) is 19.4 Å². The average Bonchev–Trinajstić information content (AvgIpc) is 2.56. The summed E-state index contributed by atoms with van der Waals surface area (Å²) in [5.41, 5.74) is 0.0114. The van der Waals surface area contributed by atoms with E-state index in [4.69, 9.17) is 14.2 Å². The van der Waals surface area contributed by atoms with Crippen LogP contribution in [0.1, 0.15) is 31.1 Å². The van der Waals surface area contributed by atoms with Crippen molar-refractivity contribution in [2.24, 2.45) is 0 Å². The van der Waals surface area contributed by atoms with E-state index >= 15 is 0 Å². The van der Waals surface area contributed by atoms with Crippen molar-refractivity contribution in [1.82, 2.24) is 4.98 Å². The number of ether oxygens (including phenoxy) is 3. The summed E-state index contributed by atoms with van der Waals surface area (Å²) >= 11 is 0. The van der Waals surface area contributed by atoms with E-state index in [1.54, 1.807) is 20.8 Å². The van der Waals surface area contributed by atoms with E-state index < -0.39 is 17.9 Å². The monoisotopic (exact) mass is 336 g/mol. The smallest absolute Gasteiger partial charge is 0.347 e. The summed E-state index contributed by atoms with van der Waals surface area (Å²) in [5, 5.41) is 2.69. The van der Waals surface area contributed by atoms with E-state index in [0.29, 0.717) is 11.4 Å². The first-order valence-electron chi connectivity index (χ1n) is 7.47. The molecule has 8 nitrogen and oxygen atoms in total. The molecule has 0 saturated carbocycles. The van der Waals surface area contributed by atoms with Crippen LogP contribution in [0, 0.1) is 0 Å². The number of anilines is 1. The number of hydrogen-bond acceptors (Lipinski definition) is 8. The molecule has 0 amide bonds. The standard InChI is InChI=1S/C16H20N2O6/c1-4-22-14(19)11-7-8-13(17-9-11)18-10-12(15(20)23-5-2)16(21)24-6-3/h7-10H,4-6H2,1-3H3,(H,17,18). The molecular weight excluding hydrogens is 316 g/mol. The van der Waals surface area contributed by atoms with Crippen LogP contribution in [0.5, 0.6) is 0 Å². The van der Waals surface area contributed by atoms with Gasteiger partial charge in [-0.05, 0) is 32.9 Å². The van der Waals surface area contributed by atoms with Crippen LogP contribution in [0.3, 0.4) is 0 Å². The fraction of sp³-hybridized carbons (Fsp3) is 0.375. The van der Waals surface area contributed by atoms with E-state index in [-0.39, 0.29) is 25.4 Å². The topological polar surface area (TPSA) is 104 Å². The zero-order valence-electron chi connectivity index (χ0n) is 13.8. The SMILES string of the molecule is CCOC(=O)C(=CNc1ccc(C(=O)OCC)cn1)C(=O)OCC. The van der Waals surface area contributed by atoms with Crippen LogP contribution in [0.15, 0.2) is 30.1 Å². The maximum absolute atomic E-state index is 11.8. The largest absolute Gasteiger partial charge is 0.462 e. The van der Waals surface area contributed by atoms with E-state index in [1.165, 1.54) is 18.3 Å². The minimum Gasteiger partial charge on any atom is -0.462 e. The number of nitrogens with one attached hydrogen (secondary N) is 1. The molecule has 0 aromatic carbocycles. The molecule has 1 aromatic heterocycles. The normalized spacial score (nSPS) is 9.62. The molecule has 0 bridgehead atoms. The molecular formula is C16H20N2O6. The first-order chi connectivity index (χ1) is 11.5. The lowest BCUT2D eigenvalue weighted by Gasteiger charge is -2.07. The molecule has 1 N–H and O–H groups in total. The first kappa shape index (κ1) is 19.1. The predicted molar refractivity (Wildman–Crippen MR) is 85.2 cm³/mol. The molecule has 8 heteroatoms. The van der Waals surface area contributed by atoms with Gasteiger partial charge < -0.3 is 19.5 Å². The summed E-state index contributed by atoms with van der Waals surface area (Å²) < 4.78 is 14.5. The fourth-order valence-corrected chi connectivity index (χ4v) is 1.58. The highest BCUT2D eigenvalue weighted by atomic mass is 16.6. The Morgan fingerprint density at radius 1 is 1.00 bits per heavy atom. The molecule has 0 aliphatic carbocycles. The minimum absolute atomic E-state index is 0.127. The number of esters is 3. The van der Waals surface area contributed by atoms with Crippen molar-refractivity contribution in [3.05, 3.63) is 35.7 Å². The lowest BCUT2D eigenvalue weighted by Crippen LogP contribution is -2.19. The van der Waals surface area contributed by atoms with Crippen LogP contribution in [0.25, 0.3) is 0 Å². The fourth-order valence-electron chi connectivity index (χ4n) is 1.58. The summed E-state index contributed by atoms with van der Waals surface area (Å²) in [7, 11) is 0. The number of pyridine rings is 1. The zero-order valence-corrected chi connectivity index (χ0v) is 13.8. The molecule has 1 heterocycles. The zero-order chi connectivity index (χ0) is 17.9. The summed E-state index contributed by atoms with van der Waals surface area (Å²) in [6, 6.07) is 3.02. The molecule has 0 saturated heterocycles. The number of rotatable bonds is 8. The highest BCUT2D eigenvalue weighted by molar-refractivity contribution is 6.14. The van der Waals surface area contributed by atoms with Crippen LogP contribution in [0.2, 0.25) is 0 Å². The van der Waals surface area contributed by atoms with Crippen molar-refractivity contribution < 1.29 is 28.6 Å². The quantitative estimate of drug-likeness (QED) is 0.251. The molecule has 0 radical (unpaired) electrons. The van der Waals surface area contributed by atoms with Gasteiger partial charge in [-0.2, -0.15) is 0 Å². The Hall–Kier alpha value is -2.90. The maximum Gasteiger partial charge on any atom is 0.347 e. The van der Waals surface area contributed by atoms with Crippen LogP contribution in [-0.4, -0.2) is 42.7 Å². The van der Waals surface area contributed by atoms with Crippen molar-refractivity contribution in [2.75, 3.05) is 25.1 Å². The van der Waals surface area contributed by atoms with Gasteiger partial charge in [0.25, 0.3) is 0 Å². The van der Waals surface area contributed by atoms with Gasteiger partial charge in [0.1, 0.15) is 5.82 Å². The third-order valence-corrected chi connectivity index (χ3v) is 2.63. The van der Waals surface area contributed by atoms with Gasteiger partial charge in [0.15, 0.2) is 5.57 Å². The Balaban J connectivity index is 2.86. The Labute approximate surface area is 139 Å². The van der Waals surface area contributed by atoms with Crippen LogP contribution >= 0.6 is 0 Å². The Bertz CT molecular complexity index is 589. The Kier molecular flexibility index (Phi) is 7.97. The lowest BCUT2D eigenvalue weighted by atomic mass is 10.2. The third kappa shape index (κ3) is 5.71. The molecule has 24 heavy (non-hydrogen) atoms. The van der Waals surface area contributed by atoms with Gasteiger partial charge >= 0.3 is 17.9 Å². The number of nitrogens with zero attached hydrogens (tertiary/aromatic N) is 1. The maximum atomic E-state index is 11.8. The molecule has 0 atom stereocenters. The molecule has 1 rings (SSSR count). The first-order valence-corrected chi connectivity index (χ1v) is 7.47. The number of aromatic nitrogens is 1. The van der Waals surface area contributed by atoms with Crippen LogP contribution in [-0.2, 0) is 23.8 Å². The predicted octanol–water partition coefficient (Wildman–Crippen LogP) is 1.68. The number of carbonyl (C=O) groups is 3. The molecule has 1 aromatic rings. The van der Waals surface area contributed by atoms with Crippen molar-refractivity contribution in [2.45, 2.75) is 20.8 Å². The summed E-state index contributed by atoms with van der Waals surface area (Å²) in [5.74, 6) is -1.75. The van der Waals surface area contributed by atoms with Gasteiger partial charge in [-0.1, -0.05) is 0 Å². The van der Waals surface area contributed by atoms with Gasteiger partial charge in [-0.15, -0.1) is 0 Å². The summed E-state index contributed by atoms with van der Waals surface area (Å²) in [6.07, 6.45) is 2.48. The second-order valence-corrected chi connectivity index (χ2v) is 4.30. The van der Waals surface area contributed by atoms with Crippen molar-refractivity contribution in [3.63, 3.8) is 0 Å². The van der Waals surface area contributed by atoms with E-state index in [9.17, 15) is 14.4 Å². The molecule has 0 spiro atoms. The Morgan fingerprint density at radius 2 is 1.58 bits per heavy atom. The van der Waals surface area contributed by atoms with E-state index in [0.717, 1.165) is 6.20 Å². The van der Waals surface area contributed by atoms with Gasteiger partial charge in [-0.3, -0.25) is 0 Å². The van der Waals surface area contributed by atoms with Crippen molar-refractivity contribution in [3.8, 4) is 0 Å². The number of carbonyl (C=O) groups excluding carboxylic acids is 3. The second-order valence-electron chi connectivity index (χ2n) is 4.30. The van der Waals surface area contributed by atoms with E-state index in [2.05, 4.69) is 10.3 Å². The third-order valence-electron chi connectivity index (χ3n) is 2.63. The molecule has 0 aliphatic rings. The average molecular weight is 336 g/mol. The van der Waals surface area contributed by atoms with E-state index in [1.807, 2.05) is 0 Å². The van der Waals surface area contributed by atoms with Gasteiger partial charge in [0.2, 0.25) is 0 Å². The second kappa shape index (κ2) is 9.98. The van der Waals surface area contributed by atoms with Crippen molar-refractivity contribution in [1.29, 1.82) is 0 Å². The van der Waals surface area contributed by atoms with Crippen molar-refractivity contribution >= 4 is 23.7 Å². The molecule has 0 fully saturated rings. The van der Waals surface area contributed by atoms with Gasteiger partial charge in [0.05, 0.1) is 25.4 Å². The van der Waals surface area contributed by atoms with Crippen LogP contribution in [0.4, 0.5) is 5.82 Å². The van der Waals surface area contributed by atoms with Gasteiger partial charge in [0, 0.05) is 12.4 Å². The molecule has 130 valence electrons. The summed E-state index contributed by atoms with van der Waals surface area (Å²) in [4.78, 5) is 39.1. The minimum atomic E-state index is -0.799. The molecule has 0 unspecified atom stereocenters. The Morgan fingerprint density at radius 3 is 2.04 bits per heavy atom. The summed E-state index contributed by atoms with van der Waals surface area (Å²) in [6.45, 7) is 5.49. The number of hydrogen-bond donors (Lipinski definition) is 1. The van der Waals surface area contributed by atoms with Crippen LogP contribution < -0.4 is 5.32 Å². The molecule has 0 aliphatic heterocycles. The highest BCUT2D eigenvalue weighted by Crippen LogP contribution is 2.09. The highest BCUT2D eigenvalue weighted by Gasteiger charge is 2.21. The lowest BCUT2D eigenvalue weighted by molar-refractivity contribution is -0.146.